The van der Waals surface area contributed by atoms with Gasteiger partial charge in [-0.2, -0.15) is 13.2 Å². The van der Waals surface area contributed by atoms with Crippen molar-refractivity contribution in [1.29, 1.82) is 0 Å². The van der Waals surface area contributed by atoms with E-state index in [1.807, 2.05) is 6.07 Å². The Balaban J connectivity index is 1.17. The molecule has 5 rings (SSSR count). The number of hydrogen-bond donors (Lipinski definition) is 1. The lowest BCUT2D eigenvalue weighted by atomic mass is 9.71. The number of carboxylic acid groups (broad SMARTS) is 1. The van der Waals surface area contributed by atoms with E-state index >= 15 is 0 Å². The molecule has 1 aromatic carbocycles. The highest BCUT2D eigenvalue weighted by Crippen LogP contribution is 2.47. The molecule has 1 saturated carbocycles. The minimum absolute atomic E-state index is 0.0897. The van der Waals surface area contributed by atoms with E-state index in [2.05, 4.69) is 33.9 Å². The Morgan fingerprint density at radius 2 is 1.82 bits per heavy atom. The number of aromatic nitrogens is 1. The lowest BCUT2D eigenvalue weighted by Crippen LogP contribution is -2.63. The summed E-state index contributed by atoms with van der Waals surface area (Å²) < 4.78 is 42.6. The normalized spacial score (nSPS) is 23.8. The van der Waals surface area contributed by atoms with Crippen molar-refractivity contribution in [2.45, 2.75) is 50.9 Å². The quantitative estimate of drug-likeness (QED) is 0.683. The second-order valence-electron chi connectivity index (χ2n) is 9.84. The Morgan fingerprint density at radius 3 is 2.47 bits per heavy atom. The molecule has 2 aliphatic carbocycles. The van der Waals surface area contributed by atoms with Crippen molar-refractivity contribution in [3.63, 3.8) is 0 Å². The van der Waals surface area contributed by atoms with Gasteiger partial charge in [-0.3, -0.25) is 9.69 Å². The van der Waals surface area contributed by atoms with Gasteiger partial charge in [0.15, 0.2) is 6.10 Å². The predicted octanol–water partition coefficient (Wildman–Crippen LogP) is 4.07. The molecule has 1 N–H and O–H groups in total. The van der Waals surface area contributed by atoms with Gasteiger partial charge in [0, 0.05) is 47.9 Å². The first kappa shape index (κ1) is 22.7. The molecular weight excluding hydrogens is 445 g/mol. The van der Waals surface area contributed by atoms with Crippen LogP contribution in [0.5, 0.6) is 5.88 Å². The molecule has 8 heteroatoms. The van der Waals surface area contributed by atoms with Crippen LogP contribution in [-0.4, -0.2) is 52.4 Å². The highest BCUT2D eigenvalue weighted by atomic mass is 19.4. The maximum atomic E-state index is 12.6. The third kappa shape index (κ3) is 4.49. The van der Waals surface area contributed by atoms with Crippen molar-refractivity contribution >= 4 is 5.97 Å². The standard InChI is InChI=1S/C26H25F3N2O3/c1-16(26(27,28)29)34-23-7-5-18(13-30-23)3-2-17-4-6-19-11-25(12-21(19)8-17)14-31(15-25)22-9-20(10-22)24(32)33/h4-8,13,16,20,22H,9-12,14-15H2,1H3,(H,32,33). The second-order valence-corrected chi connectivity index (χ2v) is 9.84. The number of aliphatic carboxylic acids is 1. The van der Waals surface area contributed by atoms with Gasteiger partial charge in [-0.15, -0.1) is 0 Å². The zero-order valence-electron chi connectivity index (χ0n) is 18.7. The molecule has 1 atom stereocenters. The number of pyridine rings is 1. The summed E-state index contributed by atoms with van der Waals surface area (Å²) >= 11 is 0. The molecular formula is C26H25F3N2O3. The molecule has 34 heavy (non-hydrogen) atoms. The molecule has 1 aliphatic heterocycles. The van der Waals surface area contributed by atoms with Gasteiger partial charge in [-0.05, 0) is 61.9 Å². The van der Waals surface area contributed by atoms with E-state index in [1.165, 1.54) is 23.4 Å². The van der Waals surface area contributed by atoms with E-state index in [9.17, 15) is 18.0 Å². The summed E-state index contributed by atoms with van der Waals surface area (Å²) in [5, 5.41) is 9.08. The first-order chi connectivity index (χ1) is 16.1. The van der Waals surface area contributed by atoms with Crippen LogP contribution in [0.2, 0.25) is 0 Å². The monoisotopic (exact) mass is 470 g/mol. The summed E-state index contributed by atoms with van der Waals surface area (Å²) in [5.41, 5.74) is 4.41. The van der Waals surface area contributed by atoms with Crippen molar-refractivity contribution in [1.82, 2.24) is 9.88 Å². The SMILES string of the molecule is CC(Oc1ccc(C#Cc2ccc3c(c2)CC2(C3)CN(C3CC(C(=O)O)C3)C2)cn1)C(F)(F)F. The van der Waals surface area contributed by atoms with E-state index in [4.69, 9.17) is 9.84 Å². The van der Waals surface area contributed by atoms with Crippen molar-refractivity contribution in [2.24, 2.45) is 11.3 Å². The molecule has 5 nitrogen and oxygen atoms in total. The van der Waals surface area contributed by atoms with Gasteiger partial charge in [0.05, 0.1) is 5.92 Å². The van der Waals surface area contributed by atoms with E-state index in [-0.39, 0.29) is 17.2 Å². The molecule has 2 fully saturated rings. The van der Waals surface area contributed by atoms with Gasteiger partial charge in [0.2, 0.25) is 5.88 Å². The first-order valence-electron chi connectivity index (χ1n) is 11.4. The van der Waals surface area contributed by atoms with Crippen LogP contribution in [0.15, 0.2) is 36.5 Å². The smallest absolute Gasteiger partial charge is 0.425 e. The molecule has 1 unspecified atom stereocenters. The van der Waals surface area contributed by atoms with Crippen LogP contribution in [0.1, 0.15) is 42.0 Å². The fraction of sp³-hybridized carbons (Fsp3) is 0.462. The third-order valence-electron chi connectivity index (χ3n) is 7.24. The molecule has 1 saturated heterocycles. The van der Waals surface area contributed by atoms with E-state index in [0.717, 1.165) is 51.3 Å². The van der Waals surface area contributed by atoms with Gasteiger partial charge < -0.3 is 9.84 Å². The number of ether oxygens (including phenoxy) is 1. The third-order valence-corrected chi connectivity index (χ3v) is 7.24. The topological polar surface area (TPSA) is 62.7 Å². The number of fused-ring (bicyclic) bond motifs is 1. The number of nitrogens with zero attached hydrogens (tertiary/aromatic N) is 2. The first-order valence-corrected chi connectivity index (χ1v) is 11.4. The molecule has 0 amide bonds. The van der Waals surface area contributed by atoms with Gasteiger partial charge in [-0.1, -0.05) is 17.9 Å². The van der Waals surface area contributed by atoms with E-state index in [1.54, 1.807) is 6.07 Å². The molecule has 2 aromatic rings. The van der Waals surface area contributed by atoms with E-state index < -0.39 is 18.2 Å². The minimum atomic E-state index is -4.44. The van der Waals surface area contributed by atoms with Gasteiger partial charge in [0.1, 0.15) is 0 Å². The molecule has 3 aliphatic rings. The largest absolute Gasteiger partial charge is 0.481 e. The Bertz CT molecular complexity index is 1150. The number of carbonyl (C=O) groups is 1. The lowest BCUT2D eigenvalue weighted by molar-refractivity contribution is -0.190. The predicted molar refractivity (Wildman–Crippen MR) is 118 cm³/mol. The van der Waals surface area contributed by atoms with Gasteiger partial charge in [0.25, 0.3) is 0 Å². The minimum Gasteiger partial charge on any atom is -0.481 e. The highest BCUT2D eigenvalue weighted by molar-refractivity contribution is 5.71. The highest BCUT2D eigenvalue weighted by Gasteiger charge is 2.51. The summed E-state index contributed by atoms with van der Waals surface area (Å²) in [6, 6.07) is 9.66. The number of rotatable bonds is 4. The fourth-order valence-corrected chi connectivity index (χ4v) is 5.21. The maximum absolute atomic E-state index is 12.6. The fourth-order valence-electron chi connectivity index (χ4n) is 5.21. The zero-order valence-corrected chi connectivity index (χ0v) is 18.7. The maximum Gasteiger partial charge on any atom is 0.425 e. The van der Waals surface area contributed by atoms with Crippen LogP contribution in [0.3, 0.4) is 0 Å². The average molecular weight is 470 g/mol. The second kappa shape index (κ2) is 8.31. The number of likely N-dealkylation sites (tertiary alicyclic amines) is 1. The summed E-state index contributed by atoms with van der Waals surface area (Å²) in [7, 11) is 0. The molecule has 178 valence electrons. The van der Waals surface area contributed by atoms with Crippen LogP contribution >= 0.6 is 0 Å². The zero-order chi connectivity index (χ0) is 24.1. The summed E-state index contributed by atoms with van der Waals surface area (Å²) in [5.74, 6) is 5.20. The Morgan fingerprint density at radius 1 is 1.15 bits per heavy atom. The Kier molecular flexibility index (Phi) is 5.56. The van der Waals surface area contributed by atoms with Crippen LogP contribution in [0.4, 0.5) is 13.2 Å². The van der Waals surface area contributed by atoms with Gasteiger partial charge >= 0.3 is 12.1 Å². The molecule has 2 heterocycles. The Labute approximate surface area is 195 Å². The number of alkyl halides is 3. The molecule has 1 aromatic heterocycles. The van der Waals surface area contributed by atoms with Crippen LogP contribution in [0.25, 0.3) is 0 Å². The van der Waals surface area contributed by atoms with Crippen molar-refractivity contribution in [2.75, 3.05) is 13.1 Å². The summed E-state index contributed by atoms with van der Waals surface area (Å²) in [4.78, 5) is 17.4. The Hall–Kier alpha value is -3.05. The average Bonchev–Trinajstić information content (AvgIpc) is 3.10. The van der Waals surface area contributed by atoms with Crippen molar-refractivity contribution in [3.05, 3.63) is 58.8 Å². The van der Waals surface area contributed by atoms with E-state index in [0.29, 0.717) is 11.6 Å². The number of carboxylic acids is 1. The molecule has 0 bridgehead atoms. The number of halogens is 3. The lowest BCUT2D eigenvalue weighted by Gasteiger charge is -2.55. The van der Waals surface area contributed by atoms with Gasteiger partial charge in [-0.25, -0.2) is 4.98 Å². The van der Waals surface area contributed by atoms with Crippen molar-refractivity contribution < 1.29 is 27.8 Å². The summed E-state index contributed by atoms with van der Waals surface area (Å²) in [6.45, 7) is 2.98. The summed E-state index contributed by atoms with van der Waals surface area (Å²) in [6.07, 6.45) is -1.37. The van der Waals surface area contributed by atoms with Crippen LogP contribution in [-0.2, 0) is 17.6 Å². The van der Waals surface area contributed by atoms with Crippen LogP contribution in [0, 0.1) is 23.2 Å². The van der Waals surface area contributed by atoms with Crippen LogP contribution < -0.4 is 4.74 Å². The van der Waals surface area contributed by atoms with Crippen molar-refractivity contribution in [3.8, 4) is 17.7 Å². The number of hydrogen-bond acceptors (Lipinski definition) is 4. The molecule has 1 spiro atoms. The molecule has 0 radical (unpaired) electrons. The number of benzene rings is 1.